The van der Waals surface area contributed by atoms with Gasteiger partial charge in [0.05, 0.1) is 26.0 Å². The van der Waals surface area contributed by atoms with Crippen LogP contribution < -0.4 is 19.7 Å². The first-order valence-electron chi connectivity index (χ1n) is 12.0. The van der Waals surface area contributed by atoms with Crippen LogP contribution in [0.1, 0.15) is 59.8 Å². The Morgan fingerprint density at radius 2 is 1.63 bits per heavy atom. The van der Waals surface area contributed by atoms with Gasteiger partial charge >= 0.3 is 0 Å². The molecule has 0 aliphatic heterocycles. The molecule has 7 nitrogen and oxygen atoms in total. The van der Waals surface area contributed by atoms with E-state index in [-0.39, 0.29) is 17.9 Å². The van der Waals surface area contributed by atoms with Crippen LogP contribution in [0.5, 0.6) is 11.5 Å². The fourth-order valence-electron chi connectivity index (χ4n) is 4.64. The monoisotopic (exact) mass is 476 g/mol. The van der Waals surface area contributed by atoms with E-state index >= 15 is 0 Å². The van der Waals surface area contributed by atoms with Gasteiger partial charge < -0.3 is 19.2 Å². The van der Waals surface area contributed by atoms with E-state index in [0.29, 0.717) is 34.1 Å². The highest BCUT2D eigenvalue weighted by molar-refractivity contribution is 6.10. The van der Waals surface area contributed by atoms with Gasteiger partial charge in [-0.2, -0.15) is 0 Å². The minimum atomic E-state index is -0.954. The second-order valence-corrected chi connectivity index (χ2v) is 8.79. The van der Waals surface area contributed by atoms with E-state index < -0.39 is 6.04 Å². The molecule has 0 radical (unpaired) electrons. The molecule has 35 heavy (non-hydrogen) atoms. The van der Waals surface area contributed by atoms with Gasteiger partial charge in [0, 0.05) is 17.8 Å². The molecule has 0 unspecified atom stereocenters. The molecule has 1 atom stereocenters. The van der Waals surface area contributed by atoms with Crippen LogP contribution in [0.25, 0.3) is 0 Å². The number of aryl methyl sites for hydroxylation is 1. The molecule has 0 spiro atoms. The summed E-state index contributed by atoms with van der Waals surface area (Å²) in [4.78, 5) is 29.5. The first-order chi connectivity index (χ1) is 17.0. The normalized spacial score (nSPS) is 14.7. The summed E-state index contributed by atoms with van der Waals surface area (Å²) in [6.07, 6.45) is 6.69. The lowest BCUT2D eigenvalue weighted by Gasteiger charge is -2.33. The number of para-hydroxylation sites is 1. The van der Waals surface area contributed by atoms with Crippen molar-refractivity contribution in [3.8, 4) is 11.5 Å². The van der Waals surface area contributed by atoms with Gasteiger partial charge in [-0.15, -0.1) is 0 Å². The van der Waals surface area contributed by atoms with Crippen molar-refractivity contribution in [3.05, 3.63) is 77.7 Å². The number of nitrogens with one attached hydrogen (secondary N) is 1. The molecule has 1 aliphatic carbocycles. The zero-order chi connectivity index (χ0) is 24.8. The van der Waals surface area contributed by atoms with Gasteiger partial charge in [-0.25, -0.2) is 0 Å². The maximum atomic E-state index is 14.0. The van der Waals surface area contributed by atoms with Crippen LogP contribution in [0.3, 0.4) is 0 Å². The molecule has 7 heteroatoms. The minimum absolute atomic E-state index is 0.0784. The molecule has 4 rings (SSSR count). The van der Waals surface area contributed by atoms with Crippen LogP contribution in [0.15, 0.2) is 65.3 Å². The molecule has 0 bridgehead atoms. The smallest absolute Gasteiger partial charge is 0.262 e. The van der Waals surface area contributed by atoms with Gasteiger partial charge in [0.25, 0.3) is 5.91 Å². The van der Waals surface area contributed by atoms with E-state index in [9.17, 15) is 9.59 Å². The van der Waals surface area contributed by atoms with Crippen LogP contribution in [0.2, 0.25) is 0 Å². The van der Waals surface area contributed by atoms with Gasteiger partial charge in [0.15, 0.2) is 0 Å². The quantitative estimate of drug-likeness (QED) is 0.468. The van der Waals surface area contributed by atoms with Crippen molar-refractivity contribution in [1.29, 1.82) is 0 Å². The third kappa shape index (κ3) is 5.50. The molecule has 2 aromatic carbocycles. The minimum Gasteiger partial charge on any atom is -0.497 e. The number of amides is 2. The van der Waals surface area contributed by atoms with Crippen molar-refractivity contribution >= 4 is 17.5 Å². The highest BCUT2D eigenvalue weighted by atomic mass is 16.5. The lowest BCUT2D eigenvalue weighted by atomic mass is 9.94. The maximum absolute atomic E-state index is 14.0. The lowest BCUT2D eigenvalue weighted by molar-refractivity contribution is -0.123. The second-order valence-electron chi connectivity index (χ2n) is 8.79. The fourth-order valence-corrected chi connectivity index (χ4v) is 4.64. The molecule has 3 aromatic rings. The van der Waals surface area contributed by atoms with Gasteiger partial charge in [-0.3, -0.25) is 14.5 Å². The highest BCUT2D eigenvalue weighted by Crippen LogP contribution is 2.35. The summed E-state index contributed by atoms with van der Waals surface area (Å²) in [6, 6.07) is 15.3. The number of carbonyl (C=O) groups excluding carboxylic acids is 2. The molecule has 1 N–H and O–H groups in total. The number of ether oxygens (including phenoxy) is 2. The topological polar surface area (TPSA) is 81.0 Å². The number of benzene rings is 2. The predicted octanol–water partition coefficient (Wildman–Crippen LogP) is 5.44. The number of hydrogen-bond donors (Lipinski definition) is 1. The van der Waals surface area contributed by atoms with Crippen molar-refractivity contribution in [2.45, 2.75) is 51.1 Å². The van der Waals surface area contributed by atoms with Gasteiger partial charge in [0.2, 0.25) is 5.91 Å². The summed E-state index contributed by atoms with van der Waals surface area (Å²) in [7, 11) is 3.12. The van der Waals surface area contributed by atoms with Gasteiger partial charge in [-0.1, -0.05) is 37.5 Å². The van der Waals surface area contributed by atoms with Gasteiger partial charge in [0.1, 0.15) is 23.3 Å². The summed E-state index contributed by atoms with van der Waals surface area (Å²) in [5, 5.41) is 3.22. The van der Waals surface area contributed by atoms with Gasteiger partial charge in [-0.05, 0) is 55.7 Å². The van der Waals surface area contributed by atoms with Crippen LogP contribution in [0.4, 0.5) is 5.69 Å². The number of furan rings is 1. The Balaban J connectivity index is 1.85. The van der Waals surface area contributed by atoms with Crippen LogP contribution in [-0.2, 0) is 4.79 Å². The van der Waals surface area contributed by atoms with E-state index in [4.69, 9.17) is 13.9 Å². The Morgan fingerprint density at radius 3 is 2.20 bits per heavy atom. The highest BCUT2D eigenvalue weighted by Gasteiger charge is 2.36. The summed E-state index contributed by atoms with van der Waals surface area (Å²) >= 11 is 0. The number of nitrogens with zero attached hydrogens (tertiary/aromatic N) is 1. The number of carbonyl (C=O) groups is 2. The van der Waals surface area contributed by atoms with Crippen molar-refractivity contribution in [2.75, 3.05) is 19.1 Å². The van der Waals surface area contributed by atoms with Crippen LogP contribution >= 0.6 is 0 Å². The molecule has 1 fully saturated rings. The Kier molecular flexibility index (Phi) is 7.75. The lowest BCUT2D eigenvalue weighted by Crippen LogP contribution is -2.47. The second kappa shape index (κ2) is 11.1. The summed E-state index contributed by atoms with van der Waals surface area (Å²) in [5.74, 6) is 0.994. The molecule has 1 aromatic heterocycles. The Bertz CT molecular complexity index is 1130. The molecule has 1 aliphatic rings. The van der Waals surface area contributed by atoms with E-state index in [1.807, 2.05) is 30.3 Å². The Labute approximate surface area is 206 Å². The number of rotatable bonds is 8. The van der Waals surface area contributed by atoms with E-state index in [2.05, 4.69) is 5.32 Å². The molecule has 0 saturated heterocycles. The molecule has 1 heterocycles. The van der Waals surface area contributed by atoms with Crippen LogP contribution in [-0.4, -0.2) is 32.1 Å². The SMILES string of the molecule is COc1cc(OC)cc([C@H](C(=O)NC2CCCCC2)N(C(=O)c2ccoc2C)c2ccccc2)c1. The fraction of sp³-hybridized carbons (Fsp3) is 0.357. The van der Waals surface area contributed by atoms with Crippen molar-refractivity contribution < 1.29 is 23.5 Å². The standard InChI is InChI=1S/C28H32N2O5/c1-19-25(14-15-35-19)28(32)30(22-12-8-5-9-13-22)26(27(31)29-21-10-6-4-7-11-21)20-16-23(33-2)18-24(17-20)34-3/h5,8-9,12-18,21,26H,4,6-7,10-11H2,1-3H3,(H,29,31)/t26-/m1/s1. The summed E-state index contributed by atoms with van der Waals surface area (Å²) in [6.45, 7) is 1.74. The molecular weight excluding hydrogens is 444 g/mol. The zero-order valence-electron chi connectivity index (χ0n) is 20.5. The Morgan fingerprint density at radius 1 is 0.971 bits per heavy atom. The zero-order valence-corrected chi connectivity index (χ0v) is 20.5. The third-order valence-corrected chi connectivity index (χ3v) is 6.49. The summed E-state index contributed by atoms with van der Waals surface area (Å²) < 4.78 is 16.4. The van der Waals surface area contributed by atoms with E-state index in [0.717, 1.165) is 25.7 Å². The van der Waals surface area contributed by atoms with E-state index in [1.54, 1.807) is 45.4 Å². The molecular formula is C28H32N2O5. The molecule has 1 saturated carbocycles. The van der Waals surface area contributed by atoms with Crippen molar-refractivity contribution in [3.63, 3.8) is 0 Å². The number of anilines is 1. The van der Waals surface area contributed by atoms with E-state index in [1.165, 1.54) is 17.6 Å². The average Bonchev–Trinajstić information content (AvgIpc) is 3.33. The Hall–Kier alpha value is -3.74. The van der Waals surface area contributed by atoms with Crippen molar-refractivity contribution in [1.82, 2.24) is 5.32 Å². The van der Waals surface area contributed by atoms with Crippen molar-refractivity contribution in [2.24, 2.45) is 0 Å². The number of methoxy groups -OCH3 is 2. The molecule has 2 amide bonds. The first-order valence-corrected chi connectivity index (χ1v) is 12.0. The number of hydrogen-bond acceptors (Lipinski definition) is 5. The average molecular weight is 477 g/mol. The third-order valence-electron chi connectivity index (χ3n) is 6.49. The molecule has 184 valence electrons. The first kappa shape index (κ1) is 24.4. The largest absolute Gasteiger partial charge is 0.497 e. The van der Waals surface area contributed by atoms with Crippen LogP contribution in [0, 0.1) is 6.92 Å². The predicted molar refractivity (Wildman–Crippen MR) is 134 cm³/mol. The summed E-state index contributed by atoms with van der Waals surface area (Å²) in [5.41, 5.74) is 1.59. The maximum Gasteiger partial charge on any atom is 0.262 e.